The van der Waals surface area contributed by atoms with Crippen LogP contribution >= 0.6 is 0 Å². The zero-order chi connectivity index (χ0) is 17.8. The Hall–Kier alpha value is -2.04. The molecule has 1 N–H and O–H groups in total. The molecule has 3 rings (SSSR count). The Morgan fingerprint density at radius 3 is 2.76 bits per heavy atom. The van der Waals surface area contributed by atoms with E-state index in [2.05, 4.69) is 12.2 Å². The van der Waals surface area contributed by atoms with Gasteiger partial charge in [0.1, 0.15) is 5.75 Å². The van der Waals surface area contributed by atoms with E-state index < -0.39 is 0 Å². The summed E-state index contributed by atoms with van der Waals surface area (Å²) < 4.78 is 5.33. The number of likely N-dealkylation sites (tertiary alicyclic amines) is 1. The van der Waals surface area contributed by atoms with Gasteiger partial charge < -0.3 is 15.0 Å². The summed E-state index contributed by atoms with van der Waals surface area (Å²) >= 11 is 0. The van der Waals surface area contributed by atoms with Gasteiger partial charge in [-0.15, -0.1) is 0 Å². The molecular weight excluding hydrogens is 316 g/mol. The number of carbonyl (C=O) groups is 2. The quantitative estimate of drug-likeness (QED) is 0.774. The summed E-state index contributed by atoms with van der Waals surface area (Å²) in [4.78, 5) is 27.1. The Balaban J connectivity index is 1.77. The second kappa shape index (κ2) is 7.89. The molecule has 1 heterocycles. The molecule has 0 bridgehead atoms. The van der Waals surface area contributed by atoms with Gasteiger partial charge in [0.25, 0.3) is 0 Å². The summed E-state index contributed by atoms with van der Waals surface area (Å²) in [6.45, 7) is 3.95. The molecule has 136 valence electrons. The maximum Gasteiger partial charge on any atom is 0.225 e. The molecule has 1 aliphatic heterocycles. The molecule has 2 fully saturated rings. The van der Waals surface area contributed by atoms with Crippen molar-refractivity contribution in [3.05, 3.63) is 29.8 Å². The number of hydrogen-bond donors (Lipinski definition) is 1. The molecule has 0 radical (unpaired) electrons. The highest BCUT2D eigenvalue weighted by atomic mass is 16.5. The van der Waals surface area contributed by atoms with Crippen LogP contribution in [0.4, 0.5) is 0 Å². The lowest BCUT2D eigenvalue weighted by Crippen LogP contribution is -2.36. The highest BCUT2D eigenvalue weighted by Crippen LogP contribution is 2.38. The number of nitrogens with one attached hydrogen (secondary N) is 1. The minimum absolute atomic E-state index is 0.0272. The van der Waals surface area contributed by atoms with Crippen LogP contribution in [0.5, 0.6) is 5.75 Å². The van der Waals surface area contributed by atoms with Crippen LogP contribution in [0.25, 0.3) is 0 Å². The molecule has 1 aliphatic carbocycles. The van der Waals surface area contributed by atoms with E-state index in [-0.39, 0.29) is 29.6 Å². The van der Waals surface area contributed by atoms with Crippen LogP contribution in [-0.4, -0.2) is 43.5 Å². The maximum atomic E-state index is 12.7. The largest absolute Gasteiger partial charge is 0.497 e. The lowest BCUT2D eigenvalue weighted by molar-refractivity contribution is -0.132. The van der Waals surface area contributed by atoms with Crippen LogP contribution in [0, 0.1) is 11.8 Å². The smallest absolute Gasteiger partial charge is 0.225 e. The van der Waals surface area contributed by atoms with Crippen molar-refractivity contribution in [3.63, 3.8) is 0 Å². The number of carbonyl (C=O) groups excluding carboxylic acids is 2. The van der Waals surface area contributed by atoms with Gasteiger partial charge in [-0.3, -0.25) is 9.59 Å². The third kappa shape index (κ3) is 4.14. The minimum atomic E-state index is -0.188. The van der Waals surface area contributed by atoms with E-state index in [1.54, 1.807) is 7.11 Å². The first-order valence-electron chi connectivity index (χ1n) is 9.34. The van der Waals surface area contributed by atoms with Gasteiger partial charge in [0.15, 0.2) is 0 Å². The molecule has 1 saturated heterocycles. The monoisotopic (exact) mass is 344 g/mol. The van der Waals surface area contributed by atoms with Gasteiger partial charge in [-0.2, -0.15) is 0 Å². The average Bonchev–Trinajstić information content (AvgIpc) is 3.39. The van der Waals surface area contributed by atoms with Crippen molar-refractivity contribution in [1.29, 1.82) is 0 Å². The average molecular weight is 344 g/mol. The fraction of sp³-hybridized carbons (Fsp3) is 0.600. The van der Waals surface area contributed by atoms with Crippen molar-refractivity contribution in [2.75, 3.05) is 26.7 Å². The fourth-order valence-electron chi connectivity index (χ4n) is 3.57. The summed E-state index contributed by atoms with van der Waals surface area (Å²) in [6, 6.07) is 7.88. The molecule has 2 aliphatic rings. The van der Waals surface area contributed by atoms with E-state index in [0.717, 1.165) is 37.0 Å². The molecule has 25 heavy (non-hydrogen) atoms. The van der Waals surface area contributed by atoms with Crippen molar-refractivity contribution >= 4 is 11.8 Å². The summed E-state index contributed by atoms with van der Waals surface area (Å²) in [5.74, 6) is 1.10. The van der Waals surface area contributed by atoms with Crippen LogP contribution < -0.4 is 10.1 Å². The highest BCUT2D eigenvalue weighted by molar-refractivity contribution is 5.85. The van der Waals surface area contributed by atoms with Crippen molar-refractivity contribution in [2.24, 2.45) is 11.8 Å². The first-order valence-corrected chi connectivity index (χ1v) is 9.34. The molecule has 2 unspecified atom stereocenters. The van der Waals surface area contributed by atoms with Crippen LogP contribution in [0.3, 0.4) is 0 Å². The normalized spacial score (nSPS) is 22.7. The third-order valence-corrected chi connectivity index (χ3v) is 5.25. The van der Waals surface area contributed by atoms with Crippen LogP contribution in [0.15, 0.2) is 24.3 Å². The molecule has 2 atom stereocenters. The number of unbranched alkanes of at least 4 members (excludes halogenated alkanes) is 1. The van der Waals surface area contributed by atoms with Gasteiger partial charge in [-0.25, -0.2) is 0 Å². The SMILES string of the molecule is CCCCNC(=O)C1CN(C(=O)C2CC2)CC1c1cccc(OC)c1. The number of methoxy groups -OCH3 is 1. The van der Waals surface area contributed by atoms with E-state index in [9.17, 15) is 9.59 Å². The predicted octanol–water partition coefficient (Wildman–Crippen LogP) is 2.56. The van der Waals surface area contributed by atoms with E-state index >= 15 is 0 Å². The lowest BCUT2D eigenvalue weighted by Gasteiger charge is -2.18. The molecule has 2 amide bonds. The second-order valence-electron chi connectivity index (χ2n) is 7.15. The first-order chi connectivity index (χ1) is 12.1. The highest BCUT2D eigenvalue weighted by Gasteiger charge is 2.43. The van der Waals surface area contributed by atoms with Crippen molar-refractivity contribution in [2.45, 2.75) is 38.5 Å². The summed E-state index contributed by atoms with van der Waals surface area (Å²) in [5.41, 5.74) is 1.07. The fourth-order valence-corrected chi connectivity index (χ4v) is 3.57. The van der Waals surface area contributed by atoms with Crippen LogP contribution in [0.2, 0.25) is 0 Å². The molecule has 1 saturated carbocycles. The van der Waals surface area contributed by atoms with Crippen molar-refractivity contribution < 1.29 is 14.3 Å². The molecule has 5 heteroatoms. The molecule has 1 aromatic rings. The van der Waals surface area contributed by atoms with E-state index in [4.69, 9.17) is 4.74 Å². The number of hydrogen-bond acceptors (Lipinski definition) is 3. The van der Waals surface area contributed by atoms with E-state index in [1.165, 1.54) is 0 Å². The summed E-state index contributed by atoms with van der Waals surface area (Å²) in [7, 11) is 1.64. The predicted molar refractivity (Wildman–Crippen MR) is 96.4 cm³/mol. The standard InChI is InChI=1S/C20H28N2O3/c1-3-4-10-21-19(23)18-13-22(20(24)14-8-9-14)12-17(18)15-6-5-7-16(11-15)25-2/h5-7,11,14,17-18H,3-4,8-10,12-13H2,1-2H3,(H,21,23). The van der Waals surface area contributed by atoms with E-state index in [0.29, 0.717) is 19.6 Å². The van der Waals surface area contributed by atoms with Gasteiger partial charge in [0.2, 0.25) is 11.8 Å². The number of rotatable bonds is 7. The Kier molecular flexibility index (Phi) is 5.61. The minimum Gasteiger partial charge on any atom is -0.497 e. The maximum absolute atomic E-state index is 12.7. The zero-order valence-electron chi connectivity index (χ0n) is 15.2. The Labute approximate surface area is 149 Å². The number of amides is 2. The first kappa shape index (κ1) is 17.8. The van der Waals surface area contributed by atoms with Crippen LogP contribution in [0.1, 0.15) is 44.1 Å². The Bertz CT molecular complexity index is 627. The molecule has 5 nitrogen and oxygen atoms in total. The van der Waals surface area contributed by atoms with Crippen LogP contribution in [-0.2, 0) is 9.59 Å². The van der Waals surface area contributed by atoms with Gasteiger partial charge in [0, 0.05) is 31.5 Å². The van der Waals surface area contributed by atoms with Crippen molar-refractivity contribution in [3.8, 4) is 5.75 Å². The van der Waals surface area contributed by atoms with Crippen molar-refractivity contribution in [1.82, 2.24) is 10.2 Å². The van der Waals surface area contributed by atoms with E-state index in [1.807, 2.05) is 29.2 Å². The number of nitrogens with zero attached hydrogens (tertiary/aromatic N) is 1. The lowest BCUT2D eigenvalue weighted by atomic mass is 9.88. The second-order valence-corrected chi connectivity index (χ2v) is 7.15. The van der Waals surface area contributed by atoms with Gasteiger partial charge >= 0.3 is 0 Å². The zero-order valence-corrected chi connectivity index (χ0v) is 15.2. The Morgan fingerprint density at radius 2 is 2.08 bits per heavy atom. The summed E-state index contributed by atoms with van der Waals surface area (Å²) in [5, 5.41) is 3.05. The third-order valence-electron chi connectivity index (χ3n) is 5.25. The number of ether oxygens (including phenoxy) is 1. The Morgan fingerprint density at radius 1 is 1.28 bits per heavy atom. The van der Waals surface area contributed by atoms with Gasteiger partial charge in [0.05, 0.1) is 13.0 Å². The number of benzene rings is 1. The summed E-state index contributed by atoms with van der Waals surface area (Å²) in [6.07, 6.45) is 4.02. The van der Waals surface area contributed by atoms with Gasteiger partial charge in [-0.1, -0.05) is 25.5 Å². The molecular formula is C20H28N2O3. The topological polar surface area (TPSA) is 58.6 Å². The molecule has 0 spiro atoms. The molecule has 0 aromatic heterocycles. The van der Waals surface area contributed by atoms with Gasteiger partial charge in [-0.05, 0) is 37.0 Å². The molecule has 1 aromatic carbocycles.